The van der Waals surface area contributed by atoms with Crippen molar-refractivity contribution in [1.82, 2.24) is 4.90 Å². The number of carbonyl (C=O) groups is 1. The Bertz CT molecular complexity index is 247. The summed E-state index contributed by atoms with van der Waals surface area (Å²) < 4.78 is 39.1. The zero-order valence-corrected chi connectivity index (χ0v) is 8.17. The largest absolute Gasteiger partial charge is 0.440 e. The SMILES string of the molecule is CCN(CCC#N)C(=O)OCC(F)(F)F. The Balaban J connectivity index is 4.00. The van der Waals surface area contributed by atoms with Gasteiger partial charge in [0, 0.05) is 13.1 Å². The summed E-state index contributed by atoms with van der Waals surface area (Å²) in [4.78, 5) is 12.1. The zero-order valence-electron chi connectivity index (χ0n) is 8.17. The van der Waals surface area contributed by atoms with Crippen molar-refractivity contribution >= 4 is 6.09 Å². The van der Waals surface area contributed by atoms with E-state index in [1.165, 1.54) is 0 Å². The molecule has 0 saturated carbocycles. The van der Waals surface area contributed by atoms with Crippen molar-refractivity contribution in [1.29, 1.82) is 5.26 Å². The van der Waals surface area contributed by atoms with Crippen molar-refractivity contribution < 1.29 is 22.7 Å². The first kappa shape index (κ1) is 13.5. The fraction of sp³-hybridized carbons (Fsp3) is 0.750. The summed E-state index contributed by atoms with van der Waals surface area (Å²) in [5.41, 5.74) is 0. The van der Waals surface area contributed by atoms with Gasteiger partial charge < -0.3 is 9.64 Å². The number of hydrogen-bond acceptors (Lipinski definition) is 3. The second-order valence-electron chi connectivity index (χ2n) is 2.66. The number of ether oxygens (including phenoxy) is 1. The van der Waals surface area contributed by atoms with E-state index in [-0.39, 0.29) is 19.5 Å². The van der Waals surface area contributed by atoms with Crippen LogP contribution in [-0.2, 0) is 4.74 Å². The molecule has 0 N–H and O–H groups in total. The smallest absolute Gasteiger partial charge is 0.422 e. The van der Waals surface area contributed by atoms with Crippen molar-refractivity contribution in [2.24, 2.45) is 0 Å². The lowest BCUT2D eigenvalue weighted by Gasteiger charge is -2.19. The Kier molecular flexibility index (Phi) is 5.52. The molecular formula is C8H11F3N2O2. The molecule has 0 aromatic rings. The van der Waals surface area contributed by atoms with E-state index in [1.54, 1.807) is 13.0 Å². The molecule has 0 heterocycles. The molecule has 0 aromatic carbocycles. The molecule has 0 aliphatic carbocycles. The van der Waals surface area contributed by atoms with Crippen molar-refractivity contribution in [2.75, 3.05) is 19.7 Å². The van der Waals surface area contributed by atoms with Crippen LogP contribution in [0.2, 0.25) is 0 Å². The van der Waals surface area contributed by atoms with Crippen molar-refractivity contribution in [3.63, 3.8) is 0 Å². The molecule has 0 spiro atoms. The van der Waals surface area contributed by atoms with Gasteiger partial charge in [-0.25, -0.2) is 4.79 Å². The average Bonchev–Trinajstić information content (AvgIpc) is 2.15. The molecule has 4 nitrogen and oxygen atoms in total. The zero-order chi connectivity index (χ0) is 11.9. The van der Waals surface area contributed by atoms with Crippen LogP contribution in [0.15, 0.2) is 0 Å². The molecule has 0 rings (SSSR count). The van der Waals surface area contributed by atoms with E-state index in [1.807, 2.05) is 0 Å². The first-order valence-electron chi connectivity index (χ1n) is 4.26. The van der Waals surface area contributed by atoms with Gasteiger partial charge >= 0.3 is 12.3 Å². The lowest BCUT2D eigenvalue weighted by molar-refractivity contribution is -0.162. The Labute approximate surface area is 85.2 Å². The molecule has 0 unspecified atom stereocenters. The highest BCUT2D eigenvalue weighted by atomic mass is 19.4. The highest BCUT2D eigenvalue weighted by Crippen LogP contribution is 2.15. The van der Waals surface area contributed by atoms with Gasteiger partial charge in [0.25, 0.3) is 0 Å². The standard InChI is InChI=1S/C8H11F3N2O2/c1-2-13(5-3-4-12)7(14)15-6-8(9,10)11/h2-3,5-6H2,1H3. The van der Waals surface area contributed by atoms with E-state index < -0.39 is 18.9 Å². The Hall–Kier alpha value is -1.45. The van der Waals surface area contributed by atoms with Crippen LogP contribution in [0.25, 0.3) is 0 Å². The molecule has 0 aromatic heterocycles. The maximum Gasteiger partial charge on any atom is 0.422 e. The molecule has 7 heteroatoms. The summed E-state index contributed by atoms with van der Waals surface area (Å²) in [6.07, 6.45) is -5.51. The van der Waals surface area contributed by atoms with Gasteiger partial charge in [-0.05, 0) is 6.92 Å². The minimum Gasteiger partial charge on any atom is -0.440 e. The highest BCUT2D eigenvalue weighted by Gasteiger charge is 2.30. The van der Waals surface area contributed by atoms with E-state index >= 15 is 0 Å². The number of alkyl halides is 3. The minimum absolute atomic E-state index is 0.0644. The molecular weight excluding hydrogens is 213 g/mol. The fourth-order valence-electron chi connectivity index (χ4n) is 0.798. The van der Waals surface area contributed by atoms with E-state index in [0.29, 0.717) is 0 Å². The number of nitrogens with zero attached hydrogens (tertiary/aromatic N) is 2. The van der Waals surface area contributed by atoms with Crippen LogP contribution in [0, 0.1) is 11.3 Å². The predicted molar refractivity (Wildman–Crippen MR) is 44.9 cm³/mol. The maximum atomic E-state index is 11.7. The molecule has 86 valence electrons. The van der Waals surface area contributed by atoms with Gasteiger partial charge in [0.05, 0.1) is 12.5 Å². The van der Waals surface area contributed by atoms with Gasteiger partial charge in [0.1, 0.15) is 0 Å². The fourth-order valence-corrected chi connectivity index (χ4v) is 0.798. The van der Waals surface area contributed by atoms with Crippen LogP contribution in [0.5, 0.6) is 0 Å². The van der Waals surface area contributed by atoms with Gasteiger partial charge in [0.15, 0.2) is 6.61 Å². The second kappa shape index (κ2) is 6.11. The number of nitriles is 1. The molecule has 0 saturated heterocycles. The van der Waals surface area contributed by atoms with Gasteiger partial charge in [-0.1, -0.05) is 0 Å². The summed E-state index contributed by atoms with van der Waals surface area (Å²) in [6, 6.07) is 1.79. The van der Waals surface area contributed by atoms with Crippen molar-refractivity contribution in [3.8, 4) is 6.07 Å². The molecule has 1 amide bonds. The van der Waals surface area contributed by atoms with Gasteiger partial charge in [0.2, 0.25) is 0 Å². The maximum absolute atomic E-state index is 11.7. The van der Waals surface area contributed by atoms with E-state index in [0.717, 1.165) is 4.90 Å². The Morgan fingerprint density at radius 3 is 2.53 bits per heavy atom. The van der Waals surface area contributed by atoms with Crippen molar-refractivity contribution in [2.45, 2.75) is 19.5 Å². The van der Waals surface area contributed by atoms with Crippen molar-refractivity contribution in [3.05, 3.63) is 0 Å². The molecule has 15 heavy (non-hydrogen) atoms. The summed E-state index contributed by atoms with van der Waals surface area (Å²) in [5.74, 6) is 0. The number of halogens is 3. The van der Waals surface area contributed by atoms with Crippen LogP contribution in [0.3, 0.4) is 0 Å². The van der Waals surface area contributed by atoms with Crippen LogP contribution >= 0.6 is 0 Å². The van der Waals surface area contributed by atoms with Crippen LogP contribution in [0.4, 0.5) is 18.0 Å². The summed E-state index contributed by atoms with van der Waals surface area (Å²) in [5, 5.41) is 8.24. The monoisotopic (exact) mass is 224 g/mol. The van der Waals surface area contributed by atoms with Crippen LogP contribution < -0.4 is 0 Å². The lowest BCUT2D eigenvalue weighted by atomic mass is 10.4. The molecule has 0 aliphatic heterocycles. The molecule has 0 atom stereocenters. The molecule has 0 fully saturated rings. The third-order valence-electron chi connectivity index (χ3n) is 1.49. The van der Waals surface area contributed by atoms with Gasteiger partial charge in [-0.15, -0.1) is 0 Å². The minimum atomic E-state index is -4.52. The van der Waals surface area contributed by atoms with E-state index in [9.17, 15) is 18.0 Å². The van der Waals surface area contributed by atoms with Crippen LogP contribution in [-0.4, -0.2) is 36.9 Å². The number of hydrogen-bond donors (Lipinski definition) is 0. The van der Waals surface area contributed by atoms with Crippen LogP contribution in [0.1, 0.15) is 13.3 Å². The quantitative estimate of drug-likeness (QED) is 0.733. The second-order valence-corrected chi connectivity index (χ2v) is 2.66. The first-order valence-corrected chi connectivity index (χ1v) is 4.26. The third kappa shape index (κ3) is 6.60. The van der Waals surface area contributed by atoms with E-state index in [4.69, 9.17) is 5.26 Å². The Morgan fingerprint density at radius 2 is 2.13 bits per heavy atom. The summed E-state index contributed by atoms with van der Waals surface area (Å²) >= 11 is 0. The lowest BCUT2D eigenvalue weighted by Crippen LogP contribution is -2.34. The average molecular weight is 224 g/mol. The number of amides is 1. The van der Waals surface area contributed by atoms with Gasteiger partial charge in [-0.3, -0.25) is 0 Å². The topological polar surface area (TPSA) is 53.3 Å². The first-order chi connectivity index (χ1) is 6.90. The van der Waals surface area contributed by atoms with Gasteiger partial charge in [-0.2, -0.15) is 18.4 Å². The third-order valence-corrected chi connectivity index (χ3v) is 1.49. The number of carbonyl (C=O) groups excluding carboxylic acids is 1. The molecule has 0 radical (unpaired) electrons. The predicted octanol–water partition coefficient (Wildman–Crippen LogP) is 1.92. The summed E-state index contributed by atoms with van der Waals surface area (Å²) in [7, 11) is 0. The highest BCUT2D eigenvalue weighted by molar-refractivity contribution is 5.67. The normalized spacial score (nSPS) is 10.6. The molecule has 0 bridgehead atoms. The summed E-state index contributed by atoms with van der Waals surface area (Å²) in [6.45, 7) is 0.267. The molecule has 0 aliphatic rings. The Morgan fingerprint density at radius 1 is 1.53 bits per heavy atom. The number of rotatable bonds is 4. The van der Waals surface area contributed by atoms with E-state index in [2.05, 4.69) is 4.74 Å².